The average molecular weight is 450 g/mol. The summed E-state index contributed by atoms with van der Waals surface area (Å²) in [6.45, 7) is 15.0. The molecule has 0 radical (unpaired) electrons. The second-order valence-electron chi connectivity index (χ2n) is 10.2. The Labute approximate surface area is 194 Å². The highest BCUT2D eigenvalue weighted by Crippen LogP contribution is 2.32. The molecule has 1 aliphatic heterocycles. The quantitative estimate of drug-likeness (QED) is 0.743. The molecule has 3 fully saturated rings. The van der Waals surface area contributed by atoms with Crippen molar-refractivity contribution in [1.82, 2.24) is 24.1 Å². The first-order chi connectivity index (χ1) is 15.4. The standard InChI is InChI=1S/C23H41N5O2.C2H6/c1-17(2)18(3)28-23(30)27(16-24-28)21-6-4-19(5-7-21)25-12-14-26(15-13-25)20-8-10-22(29)11-9-20;1-2/h16-22,29H,4-15H2,1-3H3;1-2H3/t18-,19?,20?,21?,22?;/m0./s1. The first-order valence-electron chi connectivity index (χ1n) is 13.3. The molecule has 1 aromatic rings. The number of piperazine rings is 1. The van der Waals surface area contributed by atoms with Crippen molar-refractivity contribution in [3.05, 3.63) is 16.8 Å². The van der Waals surface area contributed by atoms with E-state index in [1.54, 1.807) is 11.0 Å². The van der Waals surface area contributed by atoms with Gasteiger partial charge >= 0.3 is 5.69 Å². The zero-order valence-corrected chi connectivity index (χ0v) is 21.1. The van der Waals surface area contributed by atoms with Crippen molar-refractivity contribution in [3.8, 4) is 0 Å². The van der Waals surface area contributed by atoms with Crippen molar-refractivity contribution < 1.29 is 5.11 Å². The molecular weight excluding hydrogens is 402 g/mol. The van der Waals surface area contributed by atoms with E-state index in [9.17, 15) is 9.90 Å². The molecule has 0 aromatic carbocycles. The molecule has 4 rings (SSSR count). The predicted octanol–water partition coefficient (Wildman–Crippen LogP) is 3.69. The third-order valence-corrected chi connectivity index (χ3v) is 8.18. The van der Waals surface area contributed by atoms with Crippen molar-refractivity contribution in [3.63, 3.8) is 0 Å². The Balaban J connectivity index is 0.00000141. The molecule has 2 aliphatic carbocycles. The third kappa shape index (κ3) is 5.84. The molecule has 0 amide bonds. The van der Waals surface area contributed by atoms with E-state index >= 15 is 0 Å². The Morgan fingerprint density at radius 1 is 0.812 bits per heavy atom. The summed E-state index contributed by atoms with van der Waals surface area (Å²) in [6, 6.07) is 1.79. The first-order valence-corrected chi connectivity index (χ1v) is 13.3. The van der Waals surface area contributed by atoms with Gasteiger partial charge in [-0.1, -0.05) is 27.7 Å². The van der Waals surface area contributed by atoms with Crippen LogP contribution in [0.15, 0.2) is 11.1 Å². The zero-order valence-electron chi connectivity index (χ0n) is 21.1. The second kappa shape index (κ2) is 11.8. The molecule has 0 spiro atoms. The van der Waals surface area contributed by atoms with E-state index in [4.69, 9.17) is 0 Å². The summed E-state index contributed by atoms with van der Waals surface area (Å²) in [7, 11) is 0. The molecule has 2 heterocycles. The molecule has 0 bridgehead atoms. The Morgan fingerprint density at radius 2 is 1.25 bits per heavy atom. The van der Waals surface area contributed by atoms with E-state index in [0.717, 1.165) is 51.6 Å². The highest BCUT2D eigenvalue weighted by atomic mass is 16.3. The van der Waals surface area contributed by atoms with Gasteiger partial charge in [-0.25, -0.2) is 9.48 Å². The molecule has 2 saturated carbocycles. The monoisotopic (exact) mass is 449 g/mol. The SMILES string of the molecule is CC.CC(C)[C@H](C)n1ncn(C2CCC(N3CCN(C4CCC(O)CC4)CC3)CC2)c1=O. The Hall–Kier alpha value is -1.18. The van der Waals surface area contributed by atoms with Crippen LogP contribution in [0.2, 0.25) is 0 Å². The summed E-state index contributed by atoms with van der Waals surface area (Å²) in [5, 5.41) is 14.2. The minimum absolute atomic E-state index is 0.0610. The van der Waals surface area contributed by atoms with Gasteiger partial charge in [-0.3, -0.25) is 14.4 Å². The van der Waals surface area contributed by atoms with Crippen LogP contribution in [0.25, 0.3) is 0 Å². The summed E-state index contributed by atoms with van der Waals surface area (Å²) in [5.74, 6) is 0.402. The molecule has 7 nitrogen and oxygen atoms in total. The van der Waals surface area contributed by atoms with Crippen LogP contribution in [0.4, 0.5) is 0 Å². The van der Waals surface area contributed by atoms with Gasteiger partial charge in [-0.05, 0) is 64.2 Å². The van der Waals surface area contributed by atoms with Gasteiger partial charge in [0.25, 0.3) is 0 Å². The lowest BCUT2D eigenvalue weighted by Crippen LogP contribution is -2.54. The van der Waals surface area contributed by atoms with Gasteiger partial charge in [0.1, 0.15) is 6.33 Å². The van der Waals surface area contributed by atoms with Crippen LogP contribution in [0.1, 0.15) is 98.1 Å². The lowest BCUT2D eigenvalue weighted by atomic mass is 9.89. The summed E-state index contributed by atoms with van der Waals surface area (Å²) in [6.07, 6.45) is 10.5. The first kappa shape index (κ1) is 25.4. The van der Waals surface area contributed by atoms with Gasteiger partial charge in [0.15, 0.2) is 0 Å². The van der Waals surface area contributed by atoms with Crippen LogP contribution < -0.4 is 5.69 Å². The molecule has 3 aliphatic rings. The van der Waals surface area contributed by atoms with E-state index in [-0.39, 0.29) is 17.8 Å². The largest absolute Gasteiger partial charge is 0.393 e. The van der Waals surface area contributed by atoms with Crippen LogP contribution >= 0.6 is 0 Å². The minimum Gasteiger partial charge on any atom is -0.393 e. The van der Waals surface area contributed by atoms with Crippen molar-refractivity contribution >= 4 is 0 Å². The topological polar surface area (TPSA) is 66.5 Å². The summed E-state index contributed by atoms with van der Waals surface area (Å²) in [4.78, 5) is 18.2. The van der Waals surface area contributed by atoms with Gasteiger partial charge in [0.05, 0.1) is 12.1 Å². The van der Waals surface area contributed by atoms with Gasteiger partial charge in [0.2, 0.25) is 0 Å². The van der Waals surface area contributed by atoms with Crippen molar-refractivity contribution in [2.45, 2.75) is 116 Å². The molecule has 184 valence electrons. The highest BCUT2D eigenvalue weighted by molar-refractivity contribution is 4.89. The fourth-order valence-corrected chi connectivity index (χ4v) is 5.73. The fraction of sp³-hybridized carbons (Fsp3) is 0.920. The number of hydrogen-bond donors (Lipinski definition) is 1. The number of hydrogen-bond acceptors (Lipinski definition) is 5. The van der Waals surface area contributed by atoms with Crippen LogP contribution in [-0.2, 0) is 0 Å². The molecule has 32 heavy (non-hydrogen) atoms. The number of aliphatic hydroxyl groups is 1. The second-order valence-corrected chi connectivity index (χ2v) is 10.2. The Bertz CT molecular complexity index is 721. The Morgan fingerprint density at radius 3 is 1.72 bits per heavy atom. The van der Waals surface area contributed by atoms with Gasteiger partial charge in [0, 0.05) is 44.3 Å². The van der Waals surface area contributed by atoms with Crippen LogP contribution in [0.3, 0.4) is 0 Å². The lowest BCUT2D eigenvalue weighted by Gasteiger charge is -2.45. The van der Waals surface area contributed by atoms with Gasteiger partial charge in [-0.2, -0.15) is 5.10 Å². The fourth-order valence-electron chi connectivity index (χ4n) is 5.73. The van der Waals surface area contributed by atoms with E-state index in [2.05, 4.69) is 35.7 Å². The van der Waals surface area contributed by atoms with Gasteiger partial charge < -0.3 is 5.11 Å². The van der Waals surface area contributed by atoms with Crippen LogP contribution in [0, 0.1) is 5.92 Å². The molecular formula is C25H47N5O2. The van der Waals surface area contributed by atoms with Crippen LogP contribution in [-0.4, -0.2) is 73.6 Å². The van der Waals surface area contributed by atoms with Crippen molar-refractivity contribution in [2.75, 3.05) is 26.2 Å². The number of aromatic nitrogens is 3. The summed E-state index contributed by atoms with van der Waals surface area (Å²) < 4.78 is 3.56. The zero-order chi connectivity index (χ0) is 23.3. The highest BCUT2D eigenvalue weighted by Gasteiger charge is 2.32. The smallest absolute Gasteiger partial charge is 0.346 e. The molecule has 1 saturated heterocycles. The van der Waals surface area contributed by atoms with E-state index in [0.29, 0.717) is 24.0 Å². The summed E-state index contributed by atoms with van der Waals surface area (Å²) >= 11 is 0. The number of nitrogens with zero attached hydrogens (tertiary/aromatic N) is 5. The van der Waals surface area contributed by atoms with E-state index < -0.39 is 0 Å². The van der Waals surface area contributed by atoms with Crippen LogP contribution in [0.5, 0.6) is 0 Å². The third-order valence-electron chi connectivity index (χ3n) is 8.18. The van der Waals surface area contributed by atoms with E-state index in [1.807, 2.05) is 18.4 Å². The predicted molar refractivity (Wildman–Crippen MR) is 130 cm³/mol. The van der Waals surface area contributed by atoms with Crippen molar-refractivity contribution in [1.29, 1.82) is 0 Å². The maximum absolute atomic E-state index is 12.8. The molecule has 1 aromatic heterocycles. The Kier molecular flexibility index (Phi) is 9.38. The lowest BCUT2D eigenvalue weighted by molar-refractivity contribution is 0.0236. The maximum atomic E-state index is 12.8. The number of rotatable bonds is 5. The van der Waals surface area contributed by atoms with Crippen molar-refractivity contribution in [2.24, 2.45) is 5.92 Å². The number of aliphatic hydroxyl groups excluding tert-OH is 1. The van der Waals surface area contributed by atoms with Gasteiger partial charge in [-0.15, -0.1) is 0 Å². The minimum atomic E-state index is -0.0640. The average Bonchev–Trinajstić information content (AvgIpc) is 3.21. The molecule has 7 heteroatoms. The normalized spacial score (nSPS) is 31.2. The summed E-state index contributed by atoms with van der Waals surface area (Å²) in [5.41, 5.74) is 0.0610. The molecule has 1 atom stereocenters. The molecule has 1 N–H and O–H groups in total. The van der Waals surface area contributed by atoms with E-state index in [1.165, 1.54) is 25.9 Å². The maximum Gasteiger partial charge on any atom is 0.346 e. The molecule has 0 unspecified atom stereocenters.